The number of hydrogen-bond donors (Lipinski definition) is 9. The monoisotopic (exact) mass is 525 g/mol. The van der Waals surface area contributed by atoms with Gasteiger partial charge in [0.15, 0.2) is 12.9 Å². The standard InChI is InChI=1S/C20H31NO15/c1-3-4-33-19(31)21-11-8(23)5-20(18(29)30,36-16(11)12(25)9(24)6-22)34-7-10-13(26)14(27)15(28)17(32-2)35-10/h1,8-17,22-28H,4-7H2,2H3,(H,21,31)(H,29,30)/t8-,9+,10+,11+,12+,13-,14-,15+,16+,17+,20+/m0/s1. The van der Waals surface area contributed by atoms with Crippen molar-refractivity contribution in [2.75, 3.05) is 26.9 Å². The number of carboxylic acids is 1. The summed E-state index contributed by atoms with van der Waals surface area (Å²) in [4.78, 5) is 24.2. The maximum Gasteiger partial charge on any atom is 0.408 e. The summed E-state index contributed by atoms with van der Waals surface area (Å²) in [5, 5.41) is 82.3. The first-order chi connectivity index (χ1) is 16.9. The Bertz CT molecular complexity index is 790. The number of alkyl carbamates (subject to hydrolysis) is 1. The van der Waals surface area contributed by atoms with Crippen LogP contribution in [-0.4, -0.2) is 147 Å². The van der Waals surface area contributed by atoms with Gasteiger partial charge in [-0.3, -0.25) is 0 Å². The van der Waals surface area contributed by atoms with E-state index in [9.17, 15) is 50.4 Å². The summed E-state index contributed by atoms with van der Waals surface area (Å²) < 4.78 is 25.6. The summed E-state index contributed by atoms with van der Waals surface area (Å²) >= 11 is 0. The fourth-order valence-corrected chi connectivity index (χ4v) is 3.79. The van der Waals surface area contributed by atoms with Crippen LogP contribution in [0.15, 0.2) is 0 Å². The van der Waals surface area contributed by atoms with Gasteiger partial charge in [0, 0.05) is 13.5 Å². The van der Waals surface area contributed by atoms with Crippen molar-refractivity contribution in [3.8, 4) is 12.3 Å². The zero-order valence-corrected chi connectivity index (χ0v) is 19.1. The second kappa shape index (κ2) is 12.9. The van der Waals surface area contributed by atoms with Gasteiger partial charge in [-0.25, -0.2) is 9.59 Å². The molecule has 2 saturated heterocycles. The number of rotatable bonds is 10. The Morgan fingerprint density at radius 1 is 1.19 bits per heavy atom. The average molecular weight is 525 g/mol. The van der Waals surface area contributed by atoms with E-state index < -0.39 is 105 Å². The van der Waals surface area contributed by atoms with Crippen LogP contribution in [-0.2, 0) is 28.5 Å². The first kappa shape index (κ1) is 30.1. The minimum atomic E-state index is -2.73. The third-order valence-electron chi connectivity index (χ3n) is 5.77. The Balaban J connectivity index is 2.28. The largest absolute Gasteiger partial charge is 0.477 e. The molecule has 2 fully saturated rings. The molecule has 36 heavy (non-hydrogen) atoms. The fourth-order valence-electron chi connectivity index (χ4n) is 3.79. The Morgan fingerprint density at radius 3 is 2.42 bits per heavy atom. The van der Waals surface area contributed by atoms with Crippen LogP contribution in [0.4, 0.5) is 4.79 Å². The minimum Gasteiger partial charge on any atom is -0.477 e. The third kappa shape index (κ3) is 6.59. The lowest BCUT2D eigenvalue weighted by atomic mass is 9.88. The van der Waals surface area contributed by atoms with Gasteiger partial charge in [-0.05, 0) is 0 Å². The van der Waals surface area contributed by atoms with Crippen LogP contribution in [0.25, 0.3) is 0 Å². The van der Waals surface area contributed by atoms with Gasteiger partial charge in [0.1, 0.15) is 42.7 Å². The van der Waals surface area contributed by atoms with Crippen molar-refractivity contribution >= 4 is 12.1 Å². The number of amides is 1. The summed E-state index contributed by atoms with van der Waals surface area (Å²) in [6, 6.07) is -1.56. The number of terminal acetylenes is 1. The summed E-state index contributed by atoms with van der Waals surface area (Å²) in [7, 11) is 1.15. The molecule has 2 aliphatic heterocycles. The van der Waals surface area contributed by atoms with Gasteiger partial charge in [0.2, 0.25) is 0 Å². The van der Waals surface area contributed by atoms with Crippen LogP contribution in [0.1, 0.15) is 6.42 Å². The van der Waals surface area contributed by atoms with Crippen molar-refractivity contribution in [3.05, 3.63) is 0 Å². The number of aliphatic hydroxyl groups is 7. The number of ether oxygens (including phenoxy) is 5. The zero-order valence-electron chi connectivity index (χ0n) is 19.1. The van der Waals surface area contributed by atoms with Crippen LogP contribution in [0.2, 0.25) is 0 Å². The lowest BCUT2D eigenvalue weighted by molar-refractivity contribution is -0.336. The molecule has 206 valence electrons. The maximum absolute atomic E-state index is 12.2. The number of carbonyl (C=O) groups is 2. The molecule has 0 unspecified atom stereocenters. The summed E-state index contributed by atoms with van der Waals surface area (Å²) in [5.41, 5.74) is 0. The Hall–Kier alpha value is -2.14. The van der Waals surface area contributed by atoms with Crippen LogP contribution in [0.5, 0.6) is 0 Å². The quantitative estimate of drug-likeness (QED) is 0.121. The van der Waals surface area contributed by atoms with Crippen LogP contribution in [0.3, 0.4) is 0 Å². The van der Waals surface area contributed by atoms with E-state index in [1.807, 2.05) is 5.92 Å². The molecule has 0 saturated carbocycles. The predicted octanol–water partition coefficient (Wildman–Crippen LogP) is -5.17. The molecular formula is C20H31NO15. The summed E-state index contributed by atoms with van der Waals surface area (Å²) in [6.07, 6.45) is -12.5. The molecule has 9 N–H and O–H groups in total. The Kier molecular flexibility index (Phi) is 10.8. The molecule has 0 aromatic carbocycles. The molecule has 0 aromatic rings. The second-order valence-electron chi connectivity index (χ2n) is 8.16. The highest BCUT2D eigenvalue weighted by atomic mass is 16.7. The highest BCUT2D eigenvalue weighted by Gasteiger charge is 2.57. The number of carbonyl (C=O) groups excluding carboxylic acids is 1. The molecule has 0 spiro atoms. The van der Waals surface area contributed by atoms with Gasteiger partial charge < -0.3 is 69.9 Å². The third-order valence-corrected chi connectivity index (χ3v) is 5.77. The topological polar surface area (TPSA) is 254 Å². The number of nitrogens with one attached hydrogen (secondary N) is 1. The molecule has 2 aliphatic rings. The fraction of sp³-hybridized carbons (Fsp3) is 0.800. The van der Waals surface area contributed by atoms with E-state index in [4.69, 9.17) is 25.4 Å². The molecule has 0 radical (unpaired) electrons. The Morgan fingerprint density at radius 2 is 1.86 bits per heavy atom. The Labute approximate surface area is 204 Å². The predicted molar refractivity (Wildman–Crippen MR) is 112 cm³/mol. The molecule has 11 atom stereocenters. The first-order valence-electron chi connectivity index (χ1n) is 10.7. The molecule has 16 heteroatoms. The summed E-state index contributed by atoms with van der Waals surface area (Å²) in [6.45, 7) is -2.22. The number of methoxy groups -OCH3 is 1. The van der Waals surface area contributed by atoms with E-state index in [0.717, 1.165) is 7.11 Å². The van der Waals surface area contributed by atoms with Gasteiger partial charge in [-0.1, -0.05) is 5.92 Å². The van der Waals surface area contributed by atoms with Crippen molar-refractivity contribution in [1.29, 1.82) is 0 Å². The van der Waals surface area contributed by atoms with Gasteiger partial charge in [-0.15, -0.1) is 6.42 Å². The van der Waals surface area contributed by atoms with Crippen molar-refractivity contribution < 1.29 is 74.1 Å². The summed E-state index contributed by atoms with van der Waals surface area (Å²) in [5.74, 6) is -2.50. The van der Waals surface area contributed by atoms with Gasteiger partial charge in [0.25, 0.3) is 5.79 Å². The van der Waals surface area contributed by atoms with E-state index in [2.05, 4.69) is 10.1 Å². The van der Waals surface area contributed by atoms with E-state index in [-0.39, 0.29) is 0 Å². The second-order valence-corrected chi connectivity index (χ2v) is 8.16. The molecular weight excluding hydrogens is 494 g/mol. The molecule has 1 amide bonds. The maximum atomic E-state index is 12.2. The smallest absolute Gasteiger partial charge is 0.408 e. The van der Waals surface area contributed by atoms with Crippen LogP contribution >= 0.6 is 0 Å². The molecule has 0 bridgehead atoms. The molecule has 0 aliphatic carbocycles. The molecule has 2 heterocycles. The van der Waals surface area contributed by atoms with Gasteiger partial charge >= 0.3 is 12.1 Å². The highest BCUT2D eigenvalue weighted by molar-refractivity contribution is 5.76. The molecule has 16 nitrogen and oxygen atoms in total. The number of aliphatic hydroxyl groups excluding tert-OH is 7. The normalized spacial score (nSPS) is 38.4. The van der Waals surface area contributed by atoms with Gasteiger partial charge in [0.05, 0.1) is 25.4 Å². The minimum absolute atomic E-state index is 0.448. The van der Waals surface area contributed by atoms with E-state index in [1.165, 1.54) is 0 Å². The molecule has 0 aromatic heterocycles. The van der Waals surface area contributed by atoms with Gasteiger partial charge in [-0.2, -0.15) is 0 Å². The van der Waals surface area contributed by atoms with Crippen molar-refractivity contribution in [3.63, 3.8) is 0 Å². The lowest BCUT2D eigenvalue weighted by Gasteiger charge is -2.47. The highest BCUT2D eigenvalue weighted by Crippen LogP contribution is 2.34. The SMILES string of the molecule is C#CCOC(=O)N[C@H]1[C@H]([C@H](O)[C@H](O)CO)O[C@@](OC[C@H]2O[C@@H](OC)[C@H](O)[C@@H](O)[C@H]2O)(C(=O)O)C[C@@H]1O. The van der Waals surface area contributed by atoms with Crippen LogP contribution in [0, 0.1) is 12.3 Å². The zero-order chi connectivity index (χ0) is 27.2. The number of hydrogen-bond acceptors (Lipinski definition) is 14. The van der Waals surface area contributed by atoms with E-state index in [0.29, 0.717) is 0 Å². The van der Waals surface area contributed by atoms with E-state index in [1.54, 1.807) is 0 Å². The van der Waals surface area contributed by atoms with Crippen LogP contribution < -0.4 is 5.32 Å². The van der Waals surface area contributed by atoms with E-state index >= 15 is 0 Å². The number of carboxylic acid groups (broad SMARTS) is 1. The number of aliphatic carboxylic acids is 1. The van der Waals surface area contributed by atoms with Crippen molar-refractivity contribution in [2.45, 2.75) is 73.4 Å². The van der Waals surface area contributed by atoms with Crippen molar-refractivity contribution in [1.82, 2.24) is 5.32 Å². The lowest BCUT2D eigenvalue weighted by Crippen LogP contribution is -2.68. The molecule has 2 rings (SSSR count). The first-order valence-corrected chi connectivity index (χ1v) is 10.7. The average Bonchev–Trinajstić information content (AvgIpc) is 2.85. The van der Waals surface area contributed by atoms with Crippen molar-refractivity contribution in [2.24, 2.45) is 0 Å².